The van der Waals surface area contributed by atoms with Gasteiger partial charge in [0.2, 0.25) is 11.7 Å². The standard InChI is InChI=1S/C15H16F2N2O/c1-2-4-11-7-10(9-18)8-14(19-11)20-13-6-3-5-12(16)15(13)17/h3,5-8H,2,4,9,18H2,1H3. The second-order valence-corrected chi connectivity index (χ2v) is 4.41. The van der Waals surface area contributed by atoms with Gasteiger partial charge in [0, 0.05) is 18.3 Å². The predicted molar refractivity (Wildman–Crippen MR) is 72.6 cm³/mol. The maximum atomic E-state index is 13.6. The van der Waals surface area contributed by atoms with Gasteiger partial charge in [0.1, 0.15) is 0 Å². The molecule has 2 N–H and O–H groups in total. The summed E-state index contributed by atoms with van der Waals surface area (Å²) < 4.78 is 32.0. The van der Waals surface area contributed by atoms with Gasteiger partial charge < -0.3 is 10.5 Å². The molecule has 2 aromatic rings. The molecule has 0 unspecified atom stereocenters. The molecule has 0 saturated carbocycles. The zero-order valence-electron chi connectivity index (χ0n) is 11.2. The largest absolute Gasteiger partial charge is 0.436 e. The highest BCUT2D eigenvalue weighted by atomic mass is 19.2. The van der Waals surface area contributed by atoms with Crippen molar-refractivity contribution in [3.05, 3.63) is 53.2 Å². The van der Waals surface area contributed by atoms with Crippen LogP contribution in [0.1, 0.15) is 24.6 Å². The molecule has 5 heteroatoms. The SMILES string of the molecule is CCCc1cc(CN)cc(Oc2cccc(F)c2F)n1. The third-order valence-electron chi connectivity index (χ3n) is 2.79. The van der Waals surface area contributed by atoms with Crippen LogP contribution in [-0.2, 0) is 13.0 Å². The molecule has 1 heterocycles. The highest BCUT2D eigenvalue weighted by Gasteiger charge is 2.11. The van der Waals surface area contributed by atoms with Crippen LogP contribution in [0.3, 0.4) is 0 Å². The number of aryl methyl sites for hydroxylation is 1. The van der Waals surface area contributed by atoms with Gasteiger partial charge in [-0.05, 0) is 30.2 Å². The first kappa shape index (κ1) is 14.4. The number of nitrogens with two attached hydrogens (primary N) is 1. The van der Waals surface area contributed by atoms with E-state index in [2.05, 4.69) is 4.98 Å². The molecule has 106 valence electrons. The highest BCUT2D eigenvalue weighted by Crippen LogP contribution is 2.25. The molecule has 0 aliphatic heterocycles. The van der Waals surface area contributed by atoms with Crippen LogP contribution >= 0.6 is 0 Å². The van der Waals surface area contributed by atoms with Crippen molar-refractivity contribution in [3.63, 3.8) is 0 Å². The van der Waals surface area contributed by atoms with Crippen molar-refractivity contribution in [2.24, 2.45) is 5.73 Å². The van der Waals surface area contributed by atoms with Gasteiger partial charge in [-0.1, -0.05) is 19.4 Å². The van der Waals surface area contributed by atoms with Crippen LogP contribution in [0.5, 0.6) is 11.6 Å². The van der Waals surface area contributed by atoms with Gasteiger partial charge in [-0.2, -0.15) is 4.39 Å². The number of pyridine rings is 1. The van der Waals surface area contributed by atoms with E-state index in [9.17, 15) is 8.78 Å². The summed E-state index contributed by atoms with van der Waals surface area (Å²) >= 11 is 0. The smallest absolute Gasteiger partial charge is 0.219 e. The number of benzene rings is 1. The van der Waals surface area contributed by atoms with Crippen molar-refractivity contribution in [1.29, 1.82) is 0 Å². The van der Waals surface area contributed by atoms with Crippen LogP contribution in [0.2, 0.25) is 0 Å². The molecular formula is C15H16F2N2O. The van der Waals surface area contributed by atoms with Gasteiger partial charge in [0.15, 0.2) is 11.6 Å². The van der Waals surface area contributed by atoms with Crippen LogP contribution < -0.4 is 10.5 Å². The van der Waals surface area contributed by atoms with Crippen molar-refractivity contribution in [3.8, 4) is 11.6 Å². The molecule has 0 saturated heterocycles. The molecule has 2 rings (SSSR count). The van der Waals surface area contributed by atoms with E-state index in [1.165, 1.54) is 12.1 Å². The topological polar surface area (TPSA) is 48.1 Å². The van der Waals surface area contributed by atoms with Gasteiger partial charge in [-0.3, -0.25) is 0 Å². The van der Waals surface area contributed by atoms with E-state index < -0.39 is 11.6 Å². The molecule has 1 aromatic heterocycles. The Bertz CT molecular complexity index is 602. The number of hydrogen-bond donors (Lipinski definition) is 1. The average molecular weight is 278 g/mol. The Balaban J connectivity index is 2.32. The first-order valence-corrected chi connectivity index (χ1v) is 6.45. The molecule has 0 radical (unpaired) electrons. The van der Waals surface area contributed by atoms with Crippen molar-refractivity contribution in [2.45, 2.75) is 26.3 Å². The van der Waals surface area contributed by atoms with E-state index in [1.54, 1.807) is 6.07 Å². The lowest BCUT2D eigenvalue weighted by atomic mass is 10.1. The van der Waals surface area contributed by atoms with Crippen LogP contribution in [0, 0.1) is 11.6 Å². The lowest BCUT2D eigenvalue weighted by Crippen LogP contribution is -2.02. The van der Waals surface area contributed by atoms with E-state index in [1.807, 2.05) is 13.0 Å². The second kappa shape index (κ2) is 6.43. The Morgan fingerprint density at radius 3 is 2.75 bits per heavy atom. The third kappa shape index (κ3) is 3.30. The Morgan fingerprint density at radius 2 is 2.05 bits per heavy atom. The summed E-state index contributed by atoms with van der Waals surface area (Å²) in [5, 5.41) is 0. The summed E-state index contributed by atoms with van der Waals surface area (Å²) in [5.74, 6) is -1.94. The Morgan fingerprint density at radius 1 is 1.25 bits per heavy atom. The van der Waals surface area contributed by atoms with Crippen LogP contribution in [0.25, 0.3) is 0 Å². The second-order valence-electron chi connectivity index (χ2n) is 4.41. The van der Waals surface area contributed by atoms with Gasteiger partial charge in [-0.15, -0.1) is 0 Å². The predicted octanol–water partition coefficient (Wildman–Crippen LogP) is 3.56. The van der Waals surface area contributed by atoms with Crippen LogP contribution in [0.4, 0.5) is 8.78 Å². The molecule has 1 aromatic carbocycles. The third-order valence-corrected chi connectivity index (χ3v) is 2.79. The van der Waals surface area contributed by atoms with Gasteiger partial charge >= 0.3 is 0 Å². The molecule has 0 atom stereocenters. The van der Waals surface area contributed by atoms with Crippen LogP contribution in [0.15, 0.2) is 30.3 Å². The van der Waals surface area contributed by atoms with E-state index >= 15 is 0 Å². The van der Waals surface area contributed by atoms with E-state index in [4.69, 9.17) is 10.5 Å². The van der Waals surface area contributed by atoms with Gasteiger partial charge in [0.05, 0.1) is 0 Å². The van der Waals surface area contributed by atoms with E-state index in [0.717, 1.165) is 30.2 Å². The fourth-order valence-electron chi connectivity index (χ4n) is 1.85. The fourth-order valence-corrected chi connectivity index (χ4v) is 1.85. The van der Waals surface area contributed by atoms with Crippen LogP contribution in [-0.4, -0.2) is 4.98 Å². The minimum absolute atomic E-state index is 0.186. The van der Waals surface area contributed by atoms with Crippen molar-refractivity contribution < 1.29 is 13.5 Å². The maximum Gasteiger partial charge on any atom is 0.219 e. The number of nitrogens with zero attached hydrogens (tertiary/aromatic N) is 1. The number of halogens is 2. The quantitative estimate of drug-likeness (QED) is 0.909. The lowest BCUT2D eigenvalue weighted by molar-refractivity contribution is 0.404. The summed E-state index contributed by atoms with van der Waals surface area (Å²) in [5.41, 5.74) is 7.28. The number of hydrogen-bond acceptors (Lipinski definition) is 3. The number of aromatic nitrogens is 1. The molecule has 0 aliphatic carbocycles. The summed E-state index contributed by atoms with van der Waals surface area (Å²) in [4.78, 5) is 4.27. The van der Waals surface area contributed by atoms with Gasteiger partial charge in [0.25, 0.3) is 0 Å². The zero-order valence-corrected chi connectivity index (χ0v) is 11.2. The lowest BCUT2D eigenvalue weighted by Gasteiger charge is -2.09. The average Bonchev–Trinajstić information content (AvgIpc) is 2.44. The molecule has 0 amide bonds. The Kier molecular flexibility index (Phi) is 4.63. The number of ether oxygens (including phenoxy) is 1. The summed E-state index contributed by atoms with van der Waals surface area (Å²) in [7, 11) is 0. The monoisotopic (exact) mass is 278 g/mol. The number of rotatable bonds is 5. The van der Waals surface area contributed by atoms with E-state index in [-0.39, 0.29) is 11.6 Å². The molecule has 0 aliphatic rings. The molecule has 20 heavy (non-hydrogen) atoms. The molecule has 0 fully saturated rings. The Hall–Kier alpha value is -2.01. The molecular weight excluding hydrogens is 262 g/mol. The zero-order chi connectivity index (χ0) is 14.5. The first-order chi connectivity index (χ1) is 9.63. The van der Waals surface area contributed by atoms with Gasteiger partial charge in [-0.25, -0.2) is 9.37 Å². The van der Waals surface area contributed by atoms with Crippen molar-refractivity contribution in [1.82, 2.24) is 4.98 Å². The molecule has 0 bridgehead atoms. The summed E-state index contributed by atoms with van der Waals surface area (Å²) in [6.45, 7) is 2.37. The maximum absolute atomic E-state index is 13.6. The minimum Gasteiger partial charge on any atom is -0.436 e. The fraction of sp³-hybridized carbons (Fsp3) is 0.267. The minimum atomic E-state index is -1.02. The Labute approximate surface area is 116 Å². The van der Waals surface area contributed by atoms with E-state index in [0.29, 0.717) is 6.54 Å². The first-order valence-electron chi connectivity index (χ1n) is 6.45. The normalized spacial score (nSPS) is 10.6. The summed E-state index contributed by atoms with van der Waals surface area (Å²) in [6.07, 6.45) is 1.70. The summed E-state index contributed by atoms with van der Waals surface area (Å²) in [6, 6.07) is 7.29. The van der Waals surface area contributed by atoms with Crippen molar-refractivity contribution >= 4 is 0 Å². The molecule has 3 nitrogen and oxygen atoms in total. The van der Waals surface area contributed by atoms with Crippen molar-refractivity contribution in [2.75, 3.05) is 0 Å². The highest BCUT2D eigenvalue weighted by molar-refractivity contribution is 5.32. The molecule has 0 spiro atoms.